The quantitative estimate of drug-likeness (QED) is 0.791. The van der Waals surface area contributed by atoms with E-state index in [1.54, 1.807) is 37.4 Å². The van der Waals surface area contributed by atoms with Crippen molar-refractivity contribution in [1.29, 1.82) is 0 Å². The van der Waals surface area contributed by atoms with Gasteiger partial charge in [-0.2, -0.15) is 0 Å². The molecule has 2 rings (SSSR count). The number of nitrogens with one attached hydrogen (secondary N) is 1. The Kier molecular flexibility index (Phi) is 5.36. The van der Waals surface area contributed by atoms with Crippen LogP contribution in [-0.2, 0) is 9.53 Å². The van der Waals surface area contributed by atoms with E-state index in [9.17, 15) is 9.59 Å². The molecule has 2 heterocycles. The topological polar surface area (TPSA) is 71.0 Å². The minimum atomic E-state index is -0.578. The van der Waals surface area contributed by atoms with E-state index in [1.165, 1.54) is 0 Å². The van der Waals surface area contributed by atoms with E-state index in [0.717, 1.165) is 25.0 Å². The summed E-state index contributed by atoms with van der Waals surface area (Å²) >= 11 is 1.76. The molecule has 0 aromatic rings. The van der Waals surface area contributed by atoms with Crippen molar-refractivity contribution in [3.05, 3.63) is 0 Å². The number of nitrogens with zero attached hydrogens (tertiary/aromatic N) is 2. The second-order valence-electron chi connectivity index (χ2n) is 6.65. The fourth-order valence-electron chi connectivity index (χ4n) is 2.79. The number of carbonyl (C=O) groups is 2. The molecular weight excluding hydrogens is 302 g/mol. The zero-order valence-electron chi connectivity index (χ0n) is 13.5. The van der Waals surface area contributed by atoms with Crippen LogP contribution in [-0.4, -0.2) is 52.6 Å². The fourth-order valence-corrected chi connectivity index (χ4v) is 4.17. The molecule has 6 nitrogen and oxygen atoms in total. The highest BCUT2D eigenvalue weighted by Crippen LogP contribution is 2.34. The molecule has 0 radical (unpaired) electrons. The highest BCUT2D eigenvalue weighted by molar-refractivity contribution is 7.99. The monoisotopic (exact) mass is 327 g/mol. The van der Waals surface area contributed by atoms with Gasteiger partial charge in [0.1, 0.15) is 17.8 Å². The highest BCUT2D eigenvalue weighted by Gasteiger charge is 2.40. The number of piperidine rings is 1. The van der Waals surface area contributed by atoms with Gasteiger partial charge in [0.25, 0.3) is 0 Å². The van der Waals surface area contributed by atoms with Crippen molar-refractivity contribution >= 4 is 30.5 Å². The first-order valence-corrected chi connectivity index (χ1v) is 8.76. The van der Waals surface area contributed by atoms with Crippen molar-refractivity contribution in [2.24, 2.45) is 4.99 Å². The summed E-state index contributed by atoms with van der Waals surface area (Å²) in [6.07, 6.45) is 2.75. The maximum atomic E-state index is 12.8. The maximum absolute atomic E-state index is 12.8. The molecule has 0 spiro atoms. The smallest absolute Gasteiger partial charge is 0.408 e. The molecule has 22 heavy (non-hydrogen) atoms. The molecule has 2 saturated heterocycles. The highest BCUT2D eigenvalue weighted by atomic mass is 32.2. The van der Waals surface area contributed by atoms with Crippen LogP contribution in [0.25, 0.3) is 0 Å². The number of carbonyl (C=O) groups excluding carboxylic acids is 2. The van der Waals surface area contributed by atoms with Gasteiger partial charge in [-0.3, -0.25) is 9.79 Å². The molecule has 2 aliphatic heterocycles. The van der Waals surface area contributed by atoms with Crippen LogP contribution in [0.1, 0.15) is 46.5 Å². The second kappa shape index (κ2) is 6.89. The number of ether oxygens (including phenoxy) is 1. The predicted molar refractivity (Wildman–Crippen MR) is 88.1 cm³/mol. The van der Waals surface area contributed by atoms with Gasteiger partial charge < -0.3 is 15.0 Å². The van der Waals surface area contributed by atoms with Crippen LogP contribution in [0.15, 0.2) is 4.99 Å². The molecular formula is C15H25N3O3S. The predicted octanol–water partition coefficient (Wildman–Crippen LogP) is 2.38. The maximum Gasteiger partial charge on any atom is 0.408 e. The van der Waals surface area contributed by atoms with Crippen LogP contribution < -0.4 is 5.32 Å². The van der Waals surface area contributed by atoms with E-state index in [-0.39, 0.29) is 17.4 Å². The number of aliphatic imine (C=N–C) groups is 1. The van der Waals surface area contributed by atoms with Gasteiger partial charge in [0.15, 0.2) is 0 Å². The SMILES string of the molecule is C=N[C@@H]1CCC[C@@H]2SCCC(NC(=O)OC(C)(C)C)C(=O)N21. The molecule has 2 aliphatic rings. The summed E-state index contributed by atoms with van der Waals surface area (Å²) in [5.74, 6) is 0.759. The van der Waals surface area contributed by atoms with E-state index < -0.39 is 17.7 Å². The zero-order chi connectivity index (χ0) is 16.3. The van der Waals surface area contributed by atoms with Crippen LogP contribution in [0, 0.1) is 0 Å². The molecule has 0 aliphatic carbocycles. The van der Waals surface area contributed by atoms with Crippen LogP contribution in [0.3, 0.4) is 0 Å². The average molecular weight is 327 g/mol. The van der Waals surface area contributed by atoms with Gasteiger partial charge in [-0.05, 0) is 58.9 Å². The molecule has 2 amide bonds. The second-order valence-corrected chi connectivity index (χ2v) is 7.94. The molecule has 0 aromatic heterocycles. The first-order chi connectivity index (χ1) is 10.3. The van der Waals surface area contributed by atoms with Crippen LogP contribution in [0.4, 0.5) is 4.79 Å². The third kappa shape index (κ3) is 4.15. The summed E-state index contributed by atoms with van der Waals surface area (Å²) in [6, 6.07) is -0.547. The third-order valence-electron chi connectivity index (χ3n) is 3.72. The summed E-state index contributed by atoms with van der Waals surface area (Å²) in [5, 5.41) is 2.86. The van der Waals surface area contributed by atoms with Gasteiger partial charge in [-0.1, -0.05) is 0 Å². The van der Waals surface area contributed by atoms with Crippen LogP contribution >= 0.6 is 11.8 Å². The minimum absolute atomic E-state index is 0.0713. The minimum Gasteiger partial charge on any atom is -0.444 e. The number of rotatable bonds is 2. The Morgan fingerprint density at radius 2 is 2.14 bits per heavy atom. The van der Waals surface area contributed by atoms with Crippen molar-refractivity contribution < 1.29 is 14.3 Å². The summed E-state index contributed by atoms with van der Waals surface area (Å²) in [5.41, 5.74) is -0.578. The summed E-state index contributed by atoms with van der Waals surface area (Å²) < 4.78 is 5.26. The summed E-state index contributed by atoms with van der Waals surface area (Å²) in [6.45, 7) is 9.01. The largest absolute Gasteiger partial charge is 0.444 e. The molecule has 0 bridgehead atoms. The van der Waals surface area contributed by atoms with E-state index in [0.29, 0.717) is 6.42 Å². The number of thioether (sulfide) groups is 1. The van der Waals surface area contributed by atoms with Crippen LogP contribution in [0.2, 0.25) is 0 Å². The number of hydrogen-bond donors (Lipinski definition) is 1. The van der Waals surface area contributed by atoms with Crippen molar-refractivity contribution in [3.8, 4) is 0 Å². The molecule has 124 valence electrons. The van der Waals surface area contributed by atoms with Crippen LogP contribution in [0.5, 0.6) is 0 Å². The van der Waals surface area contributed by atoms with Gasteiger partial charge in [-0.15, -0.1) is 11.8 Å². The van der Waals surface area contributed by atoms with Crippen molar-refractivity contribution in [1.82, 2.24) is 10.2 Å². The third-order valence-corrected chi connectivity index (χ3v) is 5.03. The molecule has 2 fully saturated rings. The van der Waals surface area contributed by atoms with Crippen molar-refractivity contribution in [2.45, 2.75) is 69.6 Å². The van der Waals surface area contributed by atoms with Gasteiger partial charge in [0.05, 0.1) is 5.37 Å². The molecule has 0 aromatic carbocycles. The number of amides is 2. The Bertz CT molecular complexity index is 450. The molecule has 7 heteroatoms. The summed E-state index contributed by atoms with van der Waals surface area (Å²) in [4.78, 5) is 30.7. The summed E-state index contributed by atoms with van der Waals surface area (Å²) in [7, 11) is 0. The Hall–Kier alpha value is -1.24. The molecule has 3 atom stereocenters. The zero-order valence-corrected chi connectivity index (χ0v) is 14.3. The number of alkyl carbamates (subject to hydrolysis) is 1. The van der Waals surface area contributed by atoms with E-state index >= 15 is 0 Å². The average Bonchev–Trinajstić information content (AvgIpc) is 2.57. The fraction of sp³-hybridized carbons (Fsp3) is 0.800. The first-order valence-electron chi connectivity index (χ1n) is 7.71. The van der Waals surface area contributed by atoms with Gasteiger partial charge in [0.2, 0.25) is 5.91 Å². The first kappa shape index (κ1) is 17.1. The molecule has 1 unspecified atom stereocenters. The molecule has 0 saturated carbocycles. The number of hydrogen-bond acceptors (Lipinski definition) is 5. The number of fused-ring (bicyclic) bond motifs is 1. The Morgan fingerprint density at radius 1 is 1.41 bits per heavy atom. The lowest BCUT2D eigenvalue weighted by molar-refractivity contribution is -0.137. The normalized spacial score (nSPS) is 29.3. The van der Waals surface area contributed by atoms with Gasteiger partial charge in [-0.25, -0.2) is 4.79 Å². The Balaban J connectivity index is 2.07. The van der Waals surface area contributed by atoms with Crippen molar-refractivity contribution in [2.75, 3.05) is 5.75 Å². The molecule has 1 N–H and O–H groups in total. The standard InChI is InChI=1S/C15H25N3O3S/c1-15(2,3)21-14(20)17-10-8-9-22-12-7-5-6-11(16-4)18(12)13(10)19/h10-12H,4-9H2,1-3H3,(H,17,20)/t10?,11-,12-/m0/s1. The lowest BCUT2D eigenvalue weighted by Gasteiger charge is -2.39. The Labute approximate surface area is 136 Å². The Morgan fingerprint density at radius 3 is 2.77 bits per heavy atom. The van der Waals surface area contributed by atoms with Crippen molar-refractivity contribution in [3.63, 3.8) is 0 Å². The van der Waals surface area contributed by atoms with Gasteiger partial charge >= 0.3 is 6.09 Å². The lowest BCUT2D eigenvalue weighted by atomic mass is 10.1. The van der Waals surface area contributed by atoms with E-state index in [2.05, 4.69) is 17.0 Å². The van der Waals surface area contributed by atoms with E-state index in [1.807, 2.05) is 0 Å². The van der Waals surface area contributed by atoms with E-state index in [4.69, 9.17) is 4.74 Å². The lowest BCUT2D eigenvalue weighted by Crippen LogP contribution is -2.54. The van der Waals surface area contributed by atoms with Gasteiger partial charge in [0, 0.05) is 0 Å².